The number of rotatable bonds is 7. The van der Waals surface area contributed by atoms with Gasteiger partial charge >= 0.3 is 5.97 Å². The van der Waals surface area contributed by atoms with Crippen molar-refractivity contribution in [3.05, 3.63) is 59.4 Å². The second kappa shape index (κ2) is 9.00. The SMILES string of the molecule is O=C(O)CN1C(=O)\C(=C/C=C/C=C2\Oc3ccccc3N2CCS(=O)(=O)O)SC1=S. The molecule has 0 spiro atoms. The molecule has 0 atom stereocenters. The topological polar surface area (TPSA) is 124 Å². The number of ether oxygens (including phenoxy) is 1. The molecule has 30 heavy (non-hydrogen) atoms. The van der Waals surface area contributed by atoms with Crippen molar-refractivity contribution in [2.24, 2.45) is 0 Å². The van der Waals surface area contributed by atoms with E-state index in [0.29, 0.717) is 17.3 Å². The summed E-state index contributed by atoms with van der Waals surface area (Å²) in [7, 11) is -4.15. The number of hydrogen-bond donors (Lipinski definition) is 2. The van der Waals surface area contributed by atoms with E-state index in [-0.39, 0.29) is 15.8 Å². The van der Waals surface area contributed by atoms with Gasteiger partial charge in [-0.05, 0) is 24.3 Å². The molecule has 158 valence electrons. The molecule has 9 nitrogen and oxygen atoms in total. The third kappa shape index (κ3) is 5.27. The first-order valence-electron chi connectivity index (χ1n) is 8.49. The fourth-order valence-corrected chi connectivity index (χ4v) is 4.30. The number of fused-ring (bicyclic) bond motifs is 1. The largest absolute Gasteiger partial charge is 0.480 e. The molecule has 1 aromatic carbocycles. The molecule has 0 radical (unpaired) electrons. The molecule has 1 aromatic rings. The fourth-order valence-electron chi connectivity index (χ4n) is 2.68. The summed E-state index contributed by atoms with van der Waals surface area (Å²) in [4.78, 5) is 25.9. The number of amides is 1. The molecule has 0 unspecified atom stereocenters. The van der Waals surface area contributed by atoms with Crippen LogP contribution in [0, 0.1) is 0 Å². The number of aliphatic carboxylic acids is 1. The molecular formula is C18H16N2O7S3. The predicted molar refractivity (Wildman–Crippen MR) is 116 cm³/mol. The van der Waals surface area contributed by atoms with Gasteiger partial charge in [-0.15, -0.1) is 0 Å². The van der Waals surface area contributed by atoms with Crippen molar-refractivity contribution in [2.75, 3.05) is 23.7 Å². The maximum atomic E-state index is 12.2. The van der Waals surface area contributed by atoms with Crippen LogP contribution in [-0.2, 0) is 19.7 Å². The molecule has 2 aliphatic heterocycles. The van der Waals surface area contributed by atoms with E-state index in [0.717, 1.165) is 16.7 Å². The molecule has 0 aromatic heterocycles. The van der Waals surface area contributed by atoms with Gasteiger partial charge in [0.05, 0.1) is 16.3 Å². The molecule has 0 bridgehead atoms. The Hall–Kier alpha value is -2.67. The minimum absolute atomic E-state index is 0.0105. The number of hydrogen-bond acceptors (Lipinski definition) is 8. The van der Waals surface area contributed by atoms with Crippen LogP contribution in [0.2, 0.25) is 0 Å². The third-order valence-electron chi connectivity index (χ3n) is 3.97. The summed E-state index contributed by atoms with van der Waals surface area (Å²) in [6.07, 6.45) is 6.24. The lowest BCUT2D eigenvalue weighted by molar-refractivity contribution is -0.140. The van der Waals surface area contributed by atoms with E-state index in [2.05, 4.69) is 0 Å². The van der Waals surface area contributed by atoms with Crippen molar-refractivity contribution in [1.29, 1.82) is 0 Å². The van der Waals surface area contributed by atoms with Gasteiger partial charge in [0.25, 0.3) is 16.0 Å². The number of benzene rings is 1. The van der Waals surface area contributed by atoms with Crippen molar-refractivity contribution in [3.63, 3.8) is 0 Å². The molecule has 2 aliphatic rings. The number of anilines is 1. The van der Waals surface area contributed by atoms with Crippen molar-refractivity contribution < 1.29 is 32.4 Å². The number of carbonyl (C=O) groups excluding carboxylic acids is 1. The van der Waals surface area contributed by atoms with Gasteiger partial charge in [-0.1, -0.05) is 48.3 Å². The van der Waals surface area contributed by atoms with Crippen LogP contribution >= 0.6 is 24.0 Å². The van der Waals surface area contributed by atoms with Gasteiger partial charge in [0, 0.05) is 6.54 Å². The molecule has 2 heterocycles. The summed E-state index contributed by atoms with van der Waals surface area (Å²) in [6.45, 7) is -0.506. The molecule has 1 amide bonds. The van der Waals surface area contributed by atoms with Crippen LogP contribution in [0.15, 0.2) is 59.4 Å². The van der Waals surface area contributed by atoms with Crippen LogP contribution in [0.1, 0.15) is 0 Å². The Balaban J connectivity index is 1.75. The fraction of sp³-hybridized carbons (Fsp3) is 0.167. The zero-order chi connectivity index (χ0) is 21.9. The van der Waals surface area contributed by atoms with Gasteiger partial charge in [0.15, 0.2) is 5.75 Å². The molecule has 0 saturated carbocycles. The highest BCUT2D eigenvalue weighted by Crippen LogP contribution is 2.38. The maximum absolute atomic E-state index is 12.2. The molecule has 0 aliphatic carbocycles. The quantitative estimate of drug-likeness (QED) is 0.349. The summed E-state index contributed by atoms with van der Waals surface area (Å²) < 4.78 is 37.2. The van der Waals surface area contributed by atoms with E-state index in [1.165, 1.54) is 6.08 Å². The van der Waals surface area contributed by atoms with Crippen LogP contribution in [0.4, 0.5) is 5.69 Å². The number of carbonyl (C=O) groups is 2. The van der Waals surface area contributed by atoms with Crippen molar-refractivity contribution >= 4 is 56.0 Å². The van der Waals surface area contributed by atoms with Gasteiger partial charge in [-0.2, -0.15) is 8.42 Å². The number of thiocarbonyl (C=S) groups is 1. The number of carboxylic acids is 1. The van der Waals surface area contributed by atoms with Gasteiger partial charge in [0.1, 0.15) is 10.9 Å². The van der Waals surface area contributed by atoms with E-state index in [9.17, 15) is 18.0 Å². The highest BCUT2D eigenvalue weighted by atomic mass is 32.2. The van der Waals surface area contributed by atoms with Gasteiger partial charge in [-0.25, -0.2) is 0 Å². The second-order valence-corrected chi connectivity index (χ2v) is 9.33. The van der Waals surface area contributed by atoms with E-state index in [4.69, 9.17) is 26.6 Å². The Morgan fingerprint density at radius 3 is 2.60 bits per heavy atom. The lowest BCUT2D eigenvalue weighted by atomic mass is 10.3. The Morgan fingerprint density at radius 2 is 1.90 bits per heavy atom. The zero-order valence-corrected chi connectivity index (χ0v) is 17.7. The standard InChI is InChI=1S/C18H16N2O7S3/c21-16(22)11-20-17(23)14(29-18(20)28)7-3-4-8-15-19(9-10-30(24,25)26)12-5-1-2-6-13(12)27-15/h1-8H,9-11H2,(H,21,22)(H,24,25,26)/b4-3+,14-7+,15-8-. The number of carboxylic acid groups (broad SMARTS) is 1. The monoisotopic (exact) mass is 468 g/mol. The molecule has 12 heteroatoms. The Labute approximate surface area is 182 Å². The molecule has 3 rings (SSSR count). The third-order valence-corrected chi connectivity index (χ3v) is 6.07. The van der Waals surface area contributed by atoms with Gasteiger partial charge in [0.2, 0.25) is 5.88 Å². The summed E-state index contributed by atoms with van der Waals surface area (Å²) in [6, 6.07) is 7.05. The van der Waals surface area contributed by atoms with Gasteiger partial charge < -0.3 is 14.7 Å². The molecule has 1 fully saturated rings. The van der Waals surface area contributed by atoms with Crippen molar-refractivity contribution in [2.45, 2.75) is 0 Å². The summed E-state index contributed by atoms with van der Waals surface area (Å²) in [5.41, 5.74) is 0.662. The molecular weight excluding hydrogens is 452 g/mol. The Bertz CT molecular complexity index is 1090. The maximum Gasteiger partial charge on any atom is 0.323 e. The highest BCUT2D eigenvalue weighted by molar-refractivity contribution is 8.26. The average molecular weight is 469 g/mol. The first-order valence-corrected chi connectivity index (χ1v) is 11.3. The van der Waals surface area contributed by atoms with Crippen LogP contribution in [0.5, 0.6) is 5.75 Å². The Morgan fingerprint density at radius 1 is 1.20 bits per heavy atom. The minimum Gasteiger partial charge on any atom is -0.480 e. The summed E-state index contributed by atoms with van der Waals surface area (Å²) in [5, 5.41) is 8.85. The van der Waals surface area contributed by atoms with Crippen molar-refractivity contribution in [3.8, 4) is 5.75 Å². The smallest absolute Gasteiger partial charge is 0.323 e. The molecule has 1 saturated heterocycles. The minimum atomic E-state index is -4.15. The summed E-state index contributed by atoms with van der Waals surface area (Å²) >= 11 is 6.03. The normalized spacial score (nSPS) is 19.2. The average Bonchev–Trinajstić information content (AvgIpc) is 3.14. The van der Waals surface area contributed by atoms with Crippen LogP contribution < -0.4 is 9.64 Å². The van der Waals surface area contributed by atoms with Crippen LogP contribution in [0.3, 0.4) is 0 Å². The van der Waals surface area contributed by atoms with Crippen LogP contribution in [0.25, 0.3) is 0 Å². The summed E-state index contributed by atoms with van der Waals surface area (Å²) in [5.74, 6) is -1.22. The van der Waals surface area contributed by atoms with E-state index in [1.807, 2.05) is 0 Å². The first-order chi connectivity index (χ1) is 14.2. The molecule has 2 N–H and O–H groups in total. The van der Waals surface area contributed by atoms with E-state index in [1.54, 1.807) is 47.4 Å². The number of para-hydroxylation sites is 2. The number of thioether (sulfide) groups is 1. The van der Waals surface area contributed by atoms with E-state index < -0.39 is 34.3 Å². The zero-order valence-electron chi connectivity index (χ0n) is 15.3. The highest BCUT2D eigenvalue weighted by Gasteiger charge is 2.33. The predicted octanol–water partition coefficient (Wildman–Crippen LogP) is 2.00. The first kappa shape index (κ1) is 22.0. The van der Waals surface area contributed by atoms with Gasteiger partial charge in [-0.3, -0.25) is 19.0 Å². The Kier molecular flexibility index (Phi) is 6.61. The van der Waals surface area contributed by atoms with E-state index >= 15 is 0 Å². The lowest BCUT2D eigenvalue weighted by Crippen LogP contribution is -2.33. The number of allylic oxidation sites excluding steroid dienone is 4. The lowest BCUT2D eigenvalue weighted by Gasteiger charge is -2.16. The van der Waals surface area contributed by atoms with Crippen LogP contribution in [-0.4, -0.2) is 58.0 Å². The second-order valence-electron chi connectivity index (χ2n) is 6.08. The number of nitrogens with zero attached hydrogens (tertiary/aromatic N) is 2. The van der Waals surface area contributed by atoms with Crippen molar-refractivity contribution in [1.82, 2.24) is 4.90 Å².